The molecule has 1 atom stereocenters. The summed E-state index contributed by atoms with van der Waals surface area (Å²) in [6.45, 7) is 0.585. The SMILES string of the molecule is O=c1/c(=C/c2cn(Cc3ccc(Cl)cc3Cl)c3ccccc23)sc2n1[C@@H](c1ccc(Br)cc1)C1=C(N=2)c2ccccc2CC1. The molecule has 216 valence electrons. The van der Waals surface area contributed by atoms with Crippen LogP contribution in [-0.2, 0) is 13.0 Å². The fraction of sp³-hybridized carbons (Fsp3) is 0.111. The van der Waals surface area contributed by atoms with Crippen LogP contribution < -0.4 is 14.9 Å². The molecule has 1 aliphatic heterocycles. The van der Waals surface area contributed by atoms with E-state index in [0.29, 0.717) is 21.1 Å². The Hall–Kier alpha value is -3.68. The van der Waals surface area contributed by atoms with Crippen LogP contribution in [0.3, 0.4) is 0 Å². The van der Waals surface area contributed by atoms with E-state index in [4.69, 9.17) is 28.2 Å². The van der Waals surface area contributed by atoms with Gasteiger partial charge in [-0.1, -0.05) is 111 Å². The molecule has 8 rings (SSSR count). The van der Waals surface area contributed by atoms with Crippen molar-refractivity contribution in [2.24, 2.45) is 4.99 Å². The Bertz CT molecular complexity index is 2330. The predicted molar refractivity (Wildman–Crippen MR) is 184 cm³/mol. The van der Waals surface area contributed by atoms with Gasteiger partial charge in [0.1, 0.15) is 0 Å². The van der Waals surface area contributed by atoms with E-state index in [1.165, 1.54) is 22.5 Å². The number of thiazole rings is 1. The van der Waals surface area contributed by atoms with Gasteiger partial charge in [0.15, 0.2) is 4.80 Å². The lowest BCUT2D eigenvalue weighted by atomic mass is 9.83. The second kappa shape index (κ2) is 11.0. The monoisotopic (exact) mass is 695 g/mol. The van der Waals surface area contributed by atoms with Crippen molar-refractivity contribution in [3.8, 4) is 0 Å². The number of halogens is 3. The molecule has 4 aromatic carbocycles. The Balaban J connectivity index is 1.31. The van der Waals surface area contributed by atoms with Crippen molar-refractivity contribution in [1.82, 2.24) is 9.13 Å². The van der Waals surface area contributed by atoms with E-state index in [9.17, 15) is 4.79 Å². The highest BCUT2D eigenvalue weighted by molar-refractivity contribution is 9.10. The van der Waals surface area contributed by atoms with Crippen molar-refractivity contribution in [1.29, 1.82) is 0 Å². The van der Waals surface area contributed by atoms with Crippen LogP contribution in [0, 0.1) is 0 Å². The standard InChI is InChI=1S/C36H24BrCl2N3OS/c37-25-13-9-22(10-14-25)34-29-16-12-21-5-1-2-7-28(21)33(29)40-36-42(34)35(43)32(44-36)17-24-20-41(31-8-4-3-6-27(24)31)19-23-11-15-26(38)18-30(23)39/h1-11,13-15,17-18,20,34H,12,16,19H2/b32-17-/t34-/m0/s1. The predicted octanol–water partition coefficient (Wildman–Crippen LogP) is 8.39. The van der Waals surface area contributed by atoms with Crippen molar-refractivity contribution in [3.63, 3.8) is 0 Å². The third-order valence-electron chi connectivity index (χ3n) is 8.52. The maximum absolute atomic E-state index is 14.3. The summed E-state index contributed by atoms with van der Waals surface area (Å²) in [5.74, 6) is 0. The average Bonchev–Trinajstić information content (AvgIpc) is 3.54. The zero-order chi connectivity index (χ0) is 29.9. The lowest BCUT2D eigenvalue weighted by molar-refractivity contribution is 0.585. The Labute approximate surface area is 276 Å². The lowest BCUT2D eigenvalue weighted by Gasteiger charge is -2.30. The van der Waals surface area contributed by atoms with Crippen LogP contribution >= 0.6 is 50.5 Å². The number of hydrogen-bond donors (Lipinski definition) is 0. The molecule has 0 unspecified atom stereocenters. The van der Waals surface area contributed by atoms with Gasteiger partial charge in [0.25, 0.3) is 5.56 Å². The molecule has 8 heteroatoms. The van der Waals surface area contributed by atoms with Gasteiger partial charge in [0.05, 0.1) is 16.3 Å². The lowest BCUT2D eigenvalue weighted by Crippen LogP contribution is -2.38. The van der Waals surface area contributed by atoms with Crippen LogP contribution in [-0.4, -0.2) is 9.13 Å². The van der Waals surface area contributed by atoms with Crippen LogP contribution in [0.1, 0.15) is 40.3 Å². The first-order valence-electron chi connectivity index (χ1n) is 14.3. The van der Waals surface area contributed by atoms with Gasteiger partial charge in [-0.3, -0.25) is 9.36 Å². The molecule has 0 amide bonds. The summed E-state index contributed by atoms with van der Waals surface area (Å²) in [4.78, 5) is 20.2. The third-order valence-corrected chi connectivity index (χ3v) is 10.6. The fourth-order valence-electron chi connectivity index (χ4n) is 6.46. The van der Waals surface area contributed by atoms with Gasteiger partial charge in [0, 0.05) is 49.3 Å². The molecular weight excluding hydrogens is 673 g/mol. The van der Waals surface area contributed by atoms with Crippen molar-refractivity contribution in [3.05, 3.63) is 165 Å². The highest BCUT2D eigenvalue weighted by Gasteiger charge is 2.32. The summed E-state index contributed by atoms with van der Waals surface area (Å²) in [7, 11) is 0. The summed E-state index contributed by atoms with van der Waals surface area (Å²) >= 11 is 17.7. The molecule has 0 spiro atoms. The number of fused-ring (bicyclic) bond motifs is 4. The van der Waals surface area contributed by atoms with Gasteiger partial charge in [0.2, 0.25) is 0 Å². The molecule has 2 aromatic heterocycles. The van der Waals surface area contributed by atoms with Gasteiger partial charge in [-0.2, -0.15) is 0 Å². The Morgan fingerprint density at radius 3 is 2.59 bits per heavy atom. The van der Waals surface area contributed by atoms with Crippen molar-refractivity contribution in [2.45, 2.75) is 25.4 Å². The fourth-order valence-corrected chi connectivity index (χ4v) is 8.19. The van der Waals surface area contributed by atoms with Gasteiger partial charge >= 0.3 is 0 Å². The molecule has 4 nitrogen and oxygen atoms in total. The Morgan fingerprint density at radius 1 is 0.955 bits per heavy atom. The topological polar surface area (TPSA) is 39.3 Å². The van der Waals surface area contributed by atoms with E-state index in [2.05, 4.69) is 75.2 Å². The maximum atomic E-state index is 14.3. The first kappa shape index (κ1) is 27.8. The van der Waals surface area contributed by atoms with Crippen molar-refractivity contribution >= 4 is 73.1 Å². The van der Waals surface area contributed by atoms with Gasteiger partial charge in [-0.05, 0) is 71.5 Å². The molecule has 3 heterocycles. The number of nitrogens with zero attached hydrogens (tertiary/aromatic N) is 3. The van der Waals surface area contributed by atoms with E-state index in [-0.39, 0.29) is 11.6 Å². The van der Waals surface area contributed by atoms with Gasteiger partial charge in [-0.15, -0.1) is 0 Å². The second-order valence-electron chi connectivity index (χ2n) is 11.1. The number of para-hydroxylation sites is 1. The summed E-state index contributed by atoms with van der Waals surface area (Å²) in [5, 5.41) is 2.31. The largest absolute Gasteiger partial charge is 0.342 e. The summed E-state index contributed by atoms with van der Waals surface area (Å²) in [6, 6.07) is 30.4. The first-order valence-corrected chi connectivity index (χ1v) is 16.7. The quantitative estimate of drug-likeness (QED) is 0.183. The molecule has 44 heavy (non-hydrogen) atoms. The van der Waals surface area contributed by atoms with Gasteiger partial charge < -0.3 is 4.57 Å². The number of benzene rings is 4. The first-order chi connectivity index (χ1) is 21.4. The Morgan fingerprint density at radius 2 is 1.75 bits per heavy atom. The molecule has 0 saturated heterocycles. The van der Waals surface area contributed by atoms with E-state index in [1.54, 1.807) is 6.07 Å². The molecule has 0 bridgehead atoms. The highest BCUT2D eigenvalue weighted by Crippen LogP contribution is 2.41. The van der Waals surface area contributed by atoms with E-state index < -0.39 is 0 Å². The second-order valence-corrected chi connectivity index (χ2v) is 13.9. The van der Waals surface area contributed by atoms with E-state index >= 15 is 0 Å². The minimum atomic E-state index is -0.210. The van der Waals surface area contributed by atoms with Gasteiger partial charge in [-0.25, -0.2) is 4.99 Å². The highest BCUT2D eigenvalue weighted by atomic mass is 79.9. The zero-order valence-corrected chi connectivity index (χ0v) is 27.2. The summed E-state index contributed by atoms with van der Waals surface area (Å²) in [6.07, 6.45) is 5.91. The minimum Gasteiger partial charge on any atom is -0.342 e. The minimum absolute atomic E-state index is 0.0235. The number of hydrogen-bond acceptors (Lipinski definition) is 3. The van der Waals surface area contributed by atoms with Crippen molar-refractivity contribution in [2.75, 3.05) is 0 Å². The summed E-state index contributed by atoms with van der Waals surface area (Å²) in [5.41, 5.74) is 8.75. The molecule has 0 saturated carbocycles. The molecular formula is C36H24BrCl2N3OS. The molecule has 0 fully saturated rings. The molecule has 0 radical (unpaired) electrons. The van der Waals surface area contributed by atoms with Crippen LogP contribution in [0.15, 0.2) is 117 Å². The average molecular weight is 697 g/mol. The van der Waals surface area contributed by atoms with E-state index in [1.807, 2.05) is 47.0 Å². The van der Waals surface area contributed by atoms with Crippen LogP contribution in [0.4, 0.5) is 0 Å². The number of rotatable bonds is 4. The number of allylic oxidation sites excluding steroid dienone is 1. The number of aromatic nitrogens is 2. The molecule has 1 aliphatic carbocycles. The smallest absolute Gasteiger partial charge is 0.271 e. The van der Waals surface area contributed by atoms with E-state index in [0.717, 1.165) is 61.0 Å². The third kappa shape index (κ3) is 4.72. The molecule has 6 aromatic rings. The normalized spacial score (nSPS) is 16.1. The zero-order valence-electron chi connectivity index (χ0n) is 23.3. The van der Waals surface area contributed by atoms with Crippen molar-refractivity contribution < 1.29 is 0 Å². The van der Waals surface area contributed by atoms with Crippen LogP contribution in [0.25, 0.3) is 22.7 Å². The molecule has 2 aliphatic rings. The number of aryl methyl sites for hydroxylation is 1. The van der Waals surface area contributed by atoms with Crippen LogP contribution in [0.2, 0.25) is 10.0 Å². The summed E-state index contributed by atoms with van der Waals surface area (Å²) < 4.78 is 5.74. The van der Waals surface area contributed by atoms with Crippen LogP contribution in [0.5, 0.6) is 0 Å². The maximum Gasteiger partial charge on any atom is 0.271 e. The Kier molecular flexibility index (Phi) is 6.98. The molecule has 0 N–H and O–H groups in total.